The van der Waals surface area contributed by atoms with Crippen LogP contribution < -0.4 is 4.74 Å². The predicted molar refractivity (Wildman–Crippen MR) is 87.1 cm³/mol. The first-order valence-electron chi connectivity index (χ1n) is 5.80. The zero-order valence-corrected chi connectivity index (χ0v) is 14.6. The fourth-order valence-corrected chi connectivity index (χ4v) is 2.22. The van der Waals surface area contributed by atoms with Crippen LogP contribution in [0.4, 0.5) is 0 Å². The summed E-state index contributed by atoms with van der Waals surface area (Å²) in [4.78, 5) is 17.8. The third-order valence-corrected chi connectivity index (χ3v) is 3.72. The lowest BCUT2D eigenvalue weighted by Crippen LogP contribution is -2.32. The molecule has 0 radical (unpaired) electrons. The molecule has 2 aromatic carbocycles. The number of hydrogen-bond donors (Lipinski definition) is 0. The number of alkyl halides is 2. The maximum Gasteiger partial charge on any atom is 0.369 e. The molecule has 0 aliphatic heterocycles. The molecule has 0 spiro atoms. The minimum absolute atomic E-state index is 0.407. The minimum Gasteiger partial charge on any atom is -0.423 e. The van der Waals surface area contributed by atoms with E-state index in [2.05, 4.69) is 31.9 Å². The molecule has 0 N–H and O–H groups in total. The van der Waals surface area contributed by atoms with Crippen molar-refractivity contribution in [1.29, 1.82) is 0 Å². The number of carbonyl (C=O) groups excluding carboxylic acids is 1. The Morgan fingerprint density at radius 1 is 0.952 bits per heavy atom. The molecule has 0 aromatic heterocycles. The molecular formula is C14H10Br2O4S. The van der Waals surface area contributed by atoms with Crippen LogP contribution in [0.25, 0.3) is 0 Å². The van der Waals surface area contributed by atoms with Crippen LogP contribution in [0.5, 0.6) is 5.75 Å². The monoisotopic (exact) mass is 432 g/mol. The van der Waals surface area contributed by atoms with Gasteiger partial charge in [0.25, 0.3) is 0 Å². The normalized spacial score (nSPS) is 11.1. The van der Waals surface area contributed by atoms with Crippen LogP contribution in [0, 0.1) is 0 Å². The van der Waals surface area contributed by atoms with Crippen LogP contribution >= 0.6 is 43.9 Å². The highest BCUT2D eigenvalue weighted by atomic mass is 79.9. The molecule has 0 bridgehead atoms. The lowest BCUT2D eigenvalue weighted by atomic mass is 10.3. The molecule has 0 atom stereocenters. The number of hydrogen-bond acceptors (Lipinski definition) is 5. The first kappa shape index (κ1) is 16.5. The molecule has 0 saturated heterocycles. The average molecular weight is 434 g/mol. The maximum absolute atomic E-state index is 11.9. The van der Waals surface area contributed by atoms with Gasteiger partial charge in [-0.2, -0.15) is 9.22 Å². The largest absolute Gasteiger partial charge is 0.423 e. The molecule has 2 rings (SSSR count). The van der Waals surface area contributed by atoms with E-state index in [4.69, 9.17) is 14.0 Å². The van der Waals surface area contributed by atoms with Crippen molar-refractivity contribution in [2.75, 3.05) is 0 Å². The molecule has 0 amide bonds. The van der Waals surface area contributed by atoms with Gasteiger partial charge in [-0.25, -0.2) is 4.79 Å². The Balaban J connectivity index is 1.84. The van der Waals surface area contributed by atoms with Gasteiger partial charge in [0, 0.05) is 4.90 Å². The summed E-state index contributed by atoms with van der Waals surface area (Å²) in [5, 5.41) is 0. The van der Waals surface area contributed by atoms with Crippen LogP contribution in [0.1, 0.15) is 0 Å². The smallest absolute Gasteiger partial charge is 0.369 e. The van der Waals surface area contributed by atoms with Crippen molar-refractivity contribution in [3.05, 3.63) is 60.7 Å². The third kappa shape index (κ3) is 5.44. The summed E-state index contributed by atoms with van der Waals surface area (Å²) in [7, 11) is 0. The van der Waals surface area contributed by atoms with E-state index in [0.29, 0.717) is 5.75 Å². The first-order chi connectivity index (χ1) is 10.1. The summed E-state index contributed by atoms with van der Waals surface area (Å²) in [6.07, 6.45) is 0. The van der Waals surface area contributed by atoms with E-state index in [1.807, 2.05) is 36.4 Å². The Hall–Kier alpha value is -0.860. The standard InChI is InChI=1S/C14H10Br2O4S/c15-14(16,13(17)18-11-7-3-1-4-8-11)19-20-21-12-9-5-2-6-10-12/h1-10H. The van der Waals surface area contributed by atoms with Crippen molar-refractivity contribution < 1.29 is 18.8 Å². The number of benzene rings is 2. The molecule has 0 fully saturated rings. The van der Waals surface area contributed by atoms with Gasteiger partial charge in [-0.05, 0) is 56.1 Å². The average Bonchev–Trinajstić information content (AvgIpc) is 2.49. The van der Waals surface area contributed by atoms with Crippen molar-refractivity contribution in [2.45, 2.75) is 8.32 Å². The summed E-state index contributed by atoms with van der Waals surface area (Å²) < 4.78 is 8.51. The van der Waals surface area contributed by atoms with Gasteiger partial charge in [0.1, 0.15) is 5.75 Å². The van der Waals surface area contributed by atoms with Gasteiger partial charge in [-0.3, -0.25) is 0 Å². The quantitative estimate of drug-likeness (QED) is 0.165. The summed E-state index contributed by atoms with van der Waals surface area (Å²) in [6, 6.07) is 18.0. The number of carbonyl (C=O) groups is 1. The highest BCUT2D eigenvalue weighted by molar-refractivity contribution is 9.25. The Kier molecular flexibility index (Phi) is 6.25. The van der Waals surface area contributed by atoms with E-state index < -0.39 is 9.39 Å². The molecule has 0 unspecified atom stereocenters. The van der Waals surface area contributed by atoms with E-state index in [9.17, 15) is 4.79 Å². The van der Waals surface area contributed by atoms with Crippen LogP contribution in [0.3, 0.4) is 0 Å². The zero-order chi connectivity index (χ0) is 15.1. The van der Waals surface area contributed by atoms with Crippen LogP contribution in [0.15, 0.2) is 65.6 Å². The number of esters is 1. The van der Waals surface area contributed by atoms with Gasteiger partial charge >= 0.3 is 9.39 Å². The number of halogens is 2. The summed E-state index contributed by atoms with van der Waals surface area (Å²) in [6.45, 7) is 0. The second-order valence-corrected chi connectivity index (χ2v) is 7.84. The lowest BCUT2D eigenvalue weighted by Gasteiger charge is -2.17. The van der Waals surface area contributed by atoms with Crippen LogP contribution in [-0.4, -0.2) is 9.39 Å². The second-order valence-electron chi connectivity index (χ2n) is 3.77. The number of ether oxygens (including phenoxy) is 1. The van der Waals surface area contributed by atoms with Crippen LogP contribution in [0.2, 0.25) is 0 Å². The molecule has 21 heavy (non-hydrogen) atoms. The Bertz CT molecular complexity index is 578. The van der Waals surface area contributed by atoms with Crippen molar-refractivity contribution >= 4 is 49.9 Å². The SMILES string of the molecule is O=C(Oc1ccccc1)C(Br)(Br)OOSc1ccccc1. The van der Waals surface area contributed by atoms with E-state index in [1.54, 1.807) is 24.3 Å². The fraction of sp³-hybridized carbons (Fsp3) is 0.0714. The number of para-hydroxylation sites is 1. The zero-order valence-electron chi connectivity index (χ0n) is 10.6. The lowest BCUT2D eigenvalue weighted by molar-refractivity contribution is -0.217. The van der Waals surface area contributed by atoms with Gasteiger partial charge < -0.3 is 4.74 Å². The van der Waals surface area contributed by atoms with Crippen molar-refractivity contribution in [3.63, 3.8) is 0 Å². The third-order valence-electron chi connectivity index (χ3n) is 2.20. The predicted octanol–water partition coefficient (Wildman–Crippen LogP) is 4.69. The number of rotatable bonds is 6. The van der Waals surface area contributed by atoms with Crippen molar-refractivity contribution in [2.24, 2.45) is 0 Å². The van der Waals surface area contributed by atoms with E-state index >= 15 is 0 Å². The molecule has 7 heteroatoms. The molecule has 0 heterocycles. The summed E-state index contributed by atoms with van der Waals surface area (Å²) >= 11 is 7.10. The Labute approximate surface area is 143 Å². The highest BCUT2D eigenvalue weighted by Gasteiger charge is 2.38. The summed E-state index contributed by atoms with van der Waals surface area (Å²) in [5.74, 6) is -0.285. The molecular weight excluding hydrogens is 424 g/mol. The minimum atomic E-state index is -1.59. The van der Waals surface area contributed by atoms with Crippen LogP contribution in [-0.2, 0) is 14.0 Å². The fourth-order valence-electron chi connectivity index (χ4n) is 1.26. The maximum atomic E-state index is 11.9. The molecule has 2 aromatic rings. The molecule has 4 nitrogen and oxygen atoms in total. The van der Waals surface area contributed by atoms with Gasteiger partial charge in [-0.1, -0.05) is 36.4 Å². The Morgan fingerprint density at radius 3 is 2.14 bits per heavy atom. The van der Waals surface area contributed by atoms with Gasteiger partial charge in [0.05, 0.1) is 12.0 Å². The molecule has 0 saturated carbocycles. The van der Waals surface area contributed by atoms with Crippen molar-refractivity contribution in [3.8, 4) is 5.75 Å². The van der Waals surface area contributed by atoms with E-state index in [-0.39, 0.29) is 0 Å². The van der Waals surface area contributed by atoms with E-state index in [1.165, 1.54) is 0 Å². The molecule has 110 valence electrons. The first-order valence-corrected chi connectivity index (χ1v) is 8.13. The topological polar surface area (TPSA) is 44.8 Å². The van der Waals surface area contributed by atoms with E-state index in [0.717, 1.165) is 16.9 Å². The highest BCUT2D eigenvalue weighted by Crippen LogP contribution is 2.33. The van der Waals surface area contributed by atoms with Gasteiger partial charge in [-0.15, -0.1) is 0 Å². The van der Waals surface area contributed by atoms with Crippen molar-refractivity contribution in [1.82, 2.24) is 0 Å². The Morgan fingerprint density at radius 2 is 1.52 bits per heavy atom. The molecule has 0 aliphatic rings. The molecule has 0 aliphatic carbocycles. The summed E-state index contributed by atoms with van der Waals surface area (Å²) in [5.41, 5.74) is 0. The van der Waals surface area contributed by atoms with Gasteiger partial charge in [0.15, 0.2) is 0 Å². The second kappa shape index (κ2) is 7.95. The van der Waals surface area contributed by atoms with Gasteiger partial charge in [0.2, 0.25) is 0 Å².